The molecule has 9 heteroatoms. The van der Waals surface area contributed by atoms with E-state index in [-0.39, 0.29) is 29.3 Å². The second kappa shape index (κ2) is 5.68. The molecule has 0 bridgehead atoms. The summed E-state index contributed by atoms with van der Waals surface area (Å²) >= 11 is 0. The summed E-state index contributed by atoms with van der Waals surface area (Å²) < 4.78 is 22.9. The number of aromatic carboxylic acids is 1. The Kier molecular flexibility index (Phi) is 4.12. The number of carbonyl (C=O) groups is 2. The average molecular weight is 313 g/mol. The van der Waals surface area contributed by atoms with Crippen LogP contribution in [0, 0.1) is 0 Å². The van der Waals surface area contributed by atoms with Crippen LogP contribution < -0.4 is 5.32 Å². The minimum atomic E-state index is -3.10. The van der Waals surface area contributed by atoms with Gasteiger partial charge in [0.1, 0.15) is 0 Å². The van der Waals surface area contributed by atoms with Crippen molar-refractivity contribution >= 4 is 27.5 Å². The molecule has 0 aromatic carbocycles. The Labute approximate surface area is 121 Å². The highest BCUT2D eigenvalue weighted by Gasteiger charge is 2.31. The Balaban J connectivity index is 2.08. The molecule has 8 nitrogen and oxygen atoms in total. The van der Waals surface area contributed by atoms with Crippen LogP contribution in [0.15, 0.2) is 18.5 Å². The molecule has 0 radical (unpaired) electrons. The van der Waals surface area contributed by atoms with Crippen LogP contribution >= 0.6 is 0 Å². The fraction of sp³-hybridized carbons (Fsp3) is 0.417. The van der Waals surface area contributed by atoms with Crippen LogP contribution in [-0.4, -0.2) is 59.5 Å². The van der Waals surface area contributed by atoms with Gasteiger partial charge in [-0.05, 0) is 13.0 Å². The number of nitrogens with one attached hydrogen (secondary N) is 1. The van der Waals surface area contributed by atoms with E-state index >= 15 is 0 Å². The zero-order valence-corrected chi connectivity index (χ0v) is 12.1. The SMILES string of the molecule is CC1CS(=O)(=O)CCN1C(=O)Nc1cncc(C(=O)O)c1. The van der Waals surface area contributed by atoms with Gasteiger partial charge in [0.25, 0.3) is 0 Å². The van der Waals surface area contributed by atoms with E-state index < -0.39 is 27.9 Å². The van der Waals surface area contributed by atoms with Gasteiger partial charge in [-0.3, -0.25) is 4.98 Å². The van der Waals surface area contributed by atoms with Crippen molar-refractivity contribution in [3.05, 3.63) is 24.0 Å². The topological polar surface area (TPSA) is 117 Å². The monoisotopic (exact) mass is 313 g/mol. The molecule has 1 aromatic heterocycles. The van der Waals surface area contributed by atoms with Crippen LogP contribution in [0.4, 0.5) is 10.5 Å². The fourth-order valence-electron chi connectivity index (χ4n) is 2.12. The van der Waals surface area contributed by atoms with Crippen molar-refractivity contribution in [2.45, 2.75) is 13.0 Å². The number of urea groups is 1. The quantitative estimate of drug-likeness (QED) is 0.818. The van der Waals surface area contributed by atoms with Crippen molar-refractivity contribution in [1.29, 1.82) is 0 Å². The number of aromatic nitrogens is 1. The molecule has 1 fully saturated rings. The summed E-state index contributed by atoms with van der Waals surface area (Å²) in [7, 11) is -3.10. The van der Waals surface area contributed by atoms with Gasteiger partial charge in [0, 0.05) is 18.8 Å². The molecule has 1 aliphatic rings. The molecule has 21 heavy (non-hydrogen) atoms. The van der Waals surface area contributed by atoms with Gasteiger partial charge in [0.2, 0.25) is 0 Å². The highest BCUT2D eigenvalue weighted by atomic mass is 32.2. The summed E-state index contributed by atoms with van der Waals surface area (Å²) in [6.07, 6.45) is 2.50. The summed E-state index contributed by atoms with van der Waals surface area (Å²) in [5, 5.41) is 11.4. The molecule has 1 saturated heterocycles. The van der Waals surface area contributed by atoms with E-state index in [1.807, 2.05) is 0 Å². The minimum absolute atomic E-state index is 0.0397. The smallest absolute Gasteiger partial charge is 0.337 e. The zero-order chi connectivity index (χ0) is 15.6. The summed E-state index contributed by atoms with van der Waals surface area (Å²) in [4.78, 5) is 28.1. The molecular weight excluding hydrogens is 298 g/mol. The molecule has 2 amide bonds. The van der Waals surface area contributed by atoms with Crippen LogP contribution in [0.3, 0.4) is 0 Å². The maximum absolute atomic E-state index is 12.1. The van der Waals surface area contributed by atoms with Crippen LogP contribution in [0.5, 0.6) is 0 Å². The molecule has 2 rings (SSSR count). The van der Waals surface area contributed by atoms with E-state index in [0.717, 1.165) is 0 Å². The van der Waals surface area contributed by atoms with E-state index in [1.165, 1.54) is 23.4 Å². The van der Waals surface area contributed by atoms with E-state index in [4.69, 9.17) is 5.11 Å². The first-order valence-corrected chi connectivity index (χ1v) is 8.07. The lowest BCUT2D eigenvalue weighted by Gasteiger charge is -2.33. The first-order chi connectivity index (χ1) is 9.78. The van der Waals surface area contributed by atoms with Gasteiger partial charge in [-0.2, -0.15) is 0 Å². The number of amides is 2. The number of hydrogen-bond donors (Lipinski definition) is 2. The Morgan fingerprint density at radius 2 is 2.14 bits per heavy atom. The van der Waals surface area contributed by atoms with Crippen LogP contribution in [-0.2, 0) is 9.84 Å². The standard InChI is InChI=1S/C12H15N3O5S/c1-8-7-21(19,20)3-2-15(8)12(18)14-10-4-9(11(16)17)5-13-6-10/h4-6,8H,2-3,7H2,1H3,(H,14,18)(H,16,17). The van der Waals surface area contributed by atoms with Gasteiger partial charge >= 0.3 is 12.0 Å². The lowest BCUT2D eigenvalue weighted by atomic mass is 10.2. The number of pyridine rings is 1. The van der Waals surface area contributed by atoms with Crippen molar-refractivity contribution in [3.8, 4) is 0 Å². The number of hydrogen-bond acceptors (Lipinski definition) is 5. The Morgan fingerprint density at radius 1 is 1.43 bits per heavy atom. The average Bonchev–Trinajstić information content (AvgIpc) is 2.37. The van der Waals surface area contributed by atoms with Crippen molar-refractivity contribution < 1.29 is 23.1 Å². The van der Waals surface area contributed by atoms with Gasteiger partial charge in [-0.25, -0.2) is 18.0 Å². The molecule has 1 aromatic rings. The van der Waals surface area contributed by atoms with Crippen molar-refractivity contribution in [2.75, 3.05) is 23.4 Å². The zero-order valence-electron chi connectivity index (χ0n) is 11.3. The largest absolute Gasteiger partial charge is 0.478 e. The van der Waals surface area contributed by atoms with Gasteiger partial charge < -0.3 is 15.3 Å². The summed E-state index contributed by atoms with van der Waals surface area (Å²) in [5.74, 6) is -1.29. The Bertz CT molecular complexity index is 673. The van der Waals surface area contributed by atoms with Gasteiger partial charge in [0.05, 0.1) is 29.0 Å². The summed E-state index contributed by atoms with van der Waals surface area (Å²) in [6, 6.07) is 0.389. The molecular formula is C12H15N3O5S. The summed E-state index contributed by atoms with van der Waals surface area (Å²) in [5.41, 5.74) is 0.211. The summed E-state index contributed by atoms with van der Waals surface area (Å²) in [6.45, 7) is 1.77. The number of nitrogens with zero attached hydrogens (tertiary/aromatic N) is 2. The predicted octanol–water partition coefficient (Wildman–Crippen LogP) is 0.431. The molecule has 1 atom stereocenters. The normalized spacial score (nSPS) is 20.8. The number of rotatable bonds is 2. The van der Waals surface area contributed by atoms with Crippen molar-refractivity contribution in [3.63, 3.8) is 0 Å². The van der Waals surface area contributed by atoms with Gasteiger partial charge in [0.15, 0.2) is 9.84 Å². The second-order valence-corrected chi connectivity index (χ2v) is 7.08. The third kappa shape index (κ3) is 3.69. The van der Waals surface area contributed by atoms with Gasteiger partial charge in [-0.15, -0.1) is 0 Å². The molecule has 0 saturated carbocycles. The molecule has 1 unspecified atom stereocenters. The molecule has 1 aliphatic heterocycles. The third-order valence-corrected chi connectivity index (χ3v) is 4.96. The van der Waals surface area contributed by atoms with Gasteiger partial charge in [-0.1, -0.05) is 0 Å². The van der Waals surface area contributed by atoms with E-state index in [0.29, 0.717) is 0 Å². The van der Waals surface area contributed by atoms with Crippen molar-refractivity contribution in [2.24, 2.45) is 0 Å². The number of carbonyl (C=O) groups excluding carboxylic acids is 1. The molecule has 114 valence electrons. The number of sulfone groups is 1. The third-order valence-electron chi connectivity index (χ3n) is 3.17. The first kappa shape index (κ1) is 15.2. The fourth-order valence-corrected chi connectivity index (χ4v) is 3.68. The van der Waals surface area contributed by atoms with Crippen LogP contribution in [0.2, 0.25) is 0 Å². The molecule has 0 aliphatic carbocycles. The Hall–Kier alpha value is -2.16. The maximum Gasteiger partial charge on any atom is 0.337 e. The predicted molar refractivity (Wildman–Crippen MR) is 75.0 cm³/mol. The Morgan fingerprint density at radius 3 is 2.76 bits per heavy atom. The molecule has 0 spiro atoms. The van der Waals surface area contributed by atoms with Crippen molar-refractivity contribution in [1.82, 2.24) is 9.88 Å². The molecule has 2 heterocycles. The lowest BCUT2D eigenvalue weighted by Crippen LogP contribution is -2.51. The van der Waals surface area contributed by atoms with Crippen LogP contribution in [0.25, 0.3) is 0 Å². The van der Waals surface area contributed by atoms with E-state index in [1.54, 1.807) is 6.92 Å². The number of carboxylic acids is 1. The van der Waals surface area contributed by atoms with E-state index in [9.17, 15) is 18.0 Å². The minimum Gasteiger partial charge on any atom is -0.478 e. The highest BCUT2D eigenvalue weighted by Crippen LogP contribution is 2.15. The lowest BCUT2D eigenvalue weighted by molar-refractivity contribution is 0.0696. The van der Waals surface area contributed by atoms with E-state index in [2.05, 4.69) is 10.3 Å². The maximum atomic E-state index is 12.1. The highest BCUT2D eigenvalue weighted by molar-refractivity contribution is 7.91. The molecule has 2 N–H and O–H groups in total. The van der Waals surface area contributed by atoms with Crippen LogP contribution in [0.1, 0.15) is 17.3 Å². The first-order valence-electron chi connectivity index (χ1n) is 6.25. The number of carboxylic acid groups (broad SMARTS) is 1. The number of anilines is 1. The second-order valence-electron chi connectivity index (χ2n) is 4.85.